The number of nitrogens with two attached hydrogens (primary N) is 1. The van der Waals surface area contributed by atoms with Gasteiger partial charge in [0.15, 0.2) is 0 Å². The van der Waals surface area contributed by atoms with Crippen molar-refractivity contribution in [3.63, 3.8) is 0 Å². The lowest BCUT2D eigenvalue weighted by molar-refractivity contribution is -0.139. The molecule has 1 aromatic rings. The summed E-state index contributed by atoms with van der Waals surface area (Å²) in [5.74, 6) is 0.492. The Kier molecular flexibility index (Phi) is 7.23. The summed E-state index contributed by atoms with van der Waals surface area (Å²) in [5.41, 5.74) is 5.57. The van der Waals surface area contributed by atoms with Crippen molar-refractivity contribution in [3.05, 3.63) is 17.7 Å². The molecule has 0 spiro atoms. The number of imidazole rings is 1. The molecule has 1 aliphatic carbocycles. The Labute approximate surface area is 183 Å². The molecule has 4 N–H and O–H groups in total. The van der Waals surface area contributed by atoms with E-state index in [0.717, 1.165) is 24.4 Å². The van der Waals surface area contributed by atoms with Gasteiger partial charge in [0.25, 0.3) is 0 Å². The monoisotopic (exact) mass is 433 g/mol. The van der Waals surface area contributed by atoms with Gasteiger partial charge in [0.2, 0.25) is 11.8 Å². The zero-order chi connectivity index (χ0) is 22.6. The third kappa shape index (κ3) is 6.21. The van der Waals surface area contributed by atoms with Crippen LogP contribution in [0.2, 0.25) is 0 Å². The SMILES string of the molecule is CC(C)(C)OC(=O)N[C@@H](Cc1cnc(C2CCCCC2)[nH]1)C(=O)N1CCC[C@H]1C(N)=O. The molecule has 2 atom stereocenters. The highest BCUT2D eigenvalue weighted by molar-refractivity contribution is 5.91. The van der Waals surface area contributed by atoms with Gasteiger partial charge in [-0.05, 0) is 46.5 Å². The van der Waals surface area contributed by atoms with E-state index in [1.807, 2.05) is 0 Å². The number of likely N-dealkylation sites (tertiary alicyclic amines) is 1. The number of amides is 3. The number of aromatic nitrogens is 2. The van der Waals surface area contributed by atoms with Crippen LogP contribution in [0.25, 0.3) is 0 Å². The van der Waals surface area contributed by atoms with Crippen molar-refractivity contribution in [2.24, 2.45) is 5.73 Å². The van der Waals surface area contributed by atoms with Crippen LogP contribution in [0.15, 0.2) is 6.20 Å². The molecule has 0 aromatic carbocycles. The van der Waals surface area contributed by atoms with Crippen LogP contribution in [0.3, 0.4) is 0 Å². The Morgan fingerprint density at radius 3 is 2.58 bits per heavy atom. The molecule has 2 fully saturated rings. The van der Waals surface area contributed by atoms with Crippen LogP contribution >= 0.6 is 0 Å². The summed E-state index contributed by atoms with van der Waals surface area (Å²) in [5, 5.41) is 2.69. The second-order valence-corrected chi connectivity index (χ2v) is 9.62. The average molecular weight is 434 g/mol. The topological polar surface area (TPSA) is 130 Å². The summed E-state index contributed by atoms with van der Waals surface area (Å²) in [6, 6.07) is -1.52. The Morgan fingerprint density at radius 1 is 1.23 bits per heavy atom. The van der Waals surface area contributed by atoms with Gasteiger partial charge in [-0.25, -0.2) is 9.78 Å². The van der Waals surface area contributed by atoms with Gasteiger partial charge in [0.05, 0.1) is 0 Å². The summed E-state index contributed by atoms with van der Waals surface area (Å²) in [6.45, 7) is 5.73. The highest BCUT2D eigenvalue weighted by Crippen LogP contribution is 2.31. The molecular weight excluding hydrogens is 398 g/mol. The fourth-order valence-electron chi connectivity index (χ4n) is 4.46. The molecule has 1 aliphatic heterocycles. The van der Waals surface area contributed by atoms with Gasteiger partial charge >= 0.3 is 6.09 Å². The molecule has 31 heavy (non-hydrogen) atoms. The van der Waals surface area contributed by atoms with E-state index < -0.39 is 29.7 Å². The Hall–Kier alpha value is -2.58. The zero-order valence-corrected chi connectivity index (χ0v) is 18.8. The quantitative estimate of drug-likeness (QED) is 0.634. The number of rotatable bonds is 6. The van der Waals surface area contributed by atoms with E-state index in [9.17, 15) is 14.4 Å². The molecule has 2 heterocycles. The standard InChI is InChI=1S/C22H35N5O4/c1-22(2,3)31-21(30)26-16(20(29)27-11-7-10-17(27)18(23)28)12-15-13-24-19(25-15)14-8-5-4-6-9-14/h13-14,16-17H,4-12H2,1-3H3,(H2,23,28)(H,24,25)(H,26,30)/t16-,17-/m0/s1. The summed E-state index contributed by atoms with van der Waals surface area (Å²) in [6.07, 6.45) is 8.42. The number of hydrogen-bond donors (Lipinski definition) is 3. The summed E-state index contributed by atoms with van der Waals surface area (Å²) in [7, 11) is 0. The number of alkyl carbamates (subject to hydrolysis) is 1. The zero-order valence-electron chi connectivity index (χ0n) is 18.8. The highest BCUT2D eigenvalue weighted by atomic mass is 16.6. The first-order valence-corrected chi connectivity index (χ1v) is 11.3. The molecule has 0 unspecified atom stereocenters. The highest BCUT2D eigenvalue weighted by Gasteiger charge is 2.37. The van der Waals surface area contributed by atoms with E-state index in [0.29, 0.717) is 25.3 Å². The maximum atomic E-state index is 13.3. The van der Waals surface area contributed by atoms with Crippen molar-refractivity contribution >= 4 is 17.9 Å². The first-order chi connectivity index (χ1) is 14.6. The third-order valence-corrected chi connectivity index (χ3v) is 5.92. The molecule has 0 radical (unpaired) electrons. The van der Waals surface area contributed by atoms with Crippen molar-refractivity contribution in [2.45, 2.75) is 95.7 Å². The van der Waals surface area contributed by atoms with Crippen LogP contribution in [0, 0.1) is 0 Å². The minimum absolute atomic E-state index is 0.236. The van der Waals surface area contributed by atoms with Gasteiger partial charge in [-0.15, -0.1) is 0 Å². The van der Waals surface area contributed by atoms with Gasteiger partial charge in [-0.3, -0.25) is 9.59 Å². The fourth-order valence-corrected chi connectivity index (χ4v) is 4.46. The fraction of sp³-hybridized carbons (Fsp3) is 0.727. The second kappa shape index (κ2) is 9.70. The lowest BCUT2D eigenvalue weighted by Gasteiger charge is -2.28. The minimum atomic E-state index is -0.880. The smallest absolute Gasteiger partial charge is 0.408 e. The number of nitrogens with one attached hydrogen (secondary N) is 2. The van der Waals surface area contributed by atoms with Gasteiger partial charge in [-0.2, -0.15) is 0 Å². The van der Waals surface area contributed by atoms with Crippen molar-refractivity contribution < 1.29 is 19.1 Å². The summed E-state index contributed by atoms with van der Waals surface area (Å²) < 4.78 is 5.36. The number of carbonyl (C=O) groups excluding carboxylic acids is 3. The molecule has 9 heteroatoms. The molecule has 2 aliphatic rings. The number of primary amides is 1. The van der Waals surface area contributed by atoms with Crippen molar-refractivity contribution in [3.8, 4) is 0 Å². The number of ether oxygens (including phenoxy) is 1. The van der Waals surface area contributed by atoms with Crippen molar-refractivity contribution in [1.82, 2.24) is 20.2 Å². The molecule has 3 amide bonds. The van der Waals surface area contributed by atoms with E-state index in [2.05, 4.69) is 15.3 Å². The predicted octanol–water partition coefficient (Wildman–Crippen LogP) is 2.37. The Morgan fingerprint density at radius 2 is 1.94 bits per heavy atom. The molecule has 3 rings (SSSR count). The Balaban J connectivity index is 1.75. The first-order valence-electron chi connectivity index (χ1n) is 11.3. The van der Waals surface area contributed by atoms with Crippen LogP contribution in [-0.4, -0.2) is 57.0 Å². The lowest BCUT2D eigenvalue weighted by atomic mass is 9.89. The van der Waals surface area contributed by atoms with Crippen molar-refractivity contribution in [1.29, 1.82) is 0 Å². The number of carbonyl (C=O) groups is 3. The molecule has 9 nitrogen and oxygen atoms in total. The maximum Gasteiger partial charge on any atom is 0.408 e. The molecule has 172 valence electrons. The van der Waals surface area contributed by atoms with Crippen LogP contribution < -0.4 is 11.1 Å². The lowest BCUT2D eigenvalue weighted by Crippen LogP contribution is -2.54. The van der Waals surface area contributed by atoms with E-state index in [1.54, 1.807) is 27.0 Å². The number of hydrogen-bond acceptors (Lipinski definition) is 5. The number of nitrogens with zero attached hydrogens (tertiary/aromatic N) is 2. The Bertz CT molecular complexity index is 794. The van der Waals surface area contributed by atoms with E-state index in [1.165, 1.54) is 24.2 Å². The molecular formula is C22H35N5O4. The first kappa shape index (κ1) is 23.1. The van der Waals surface area contributed by atoms with Crippen LogP contribution in [0.1, 0.15) is 83.2 Å². The van der Waals surface area contributed by atoms with Crippen LogP contribution in [0.4, 0.5) is 4.79 Å². The van der Waals surface area contributed by atoms with Gasteiger partial charge in [-0.1, -0.05) is 19.3 Å². The number of aromatic amines is 1. The van der Waals surface area contributed by atoms with Crippen LogP contribution in [-0.2, 0) is 20.7 Å². The molecule has 1 saturated heterocycles. The van der Waals surface area contributed by atoms with Crippen LogP contribution in [0.5, 0.6) is 0 Å². The van der Waals surface area contributed by atoms with E-state index in [-0.39, 0.29) is 12.3 Å². The number of H-pyrrole nitrogens is 1. The van der Waals surface area contributed by atoms with Gasteiger partial charge < -0.3 is 25.7 Å². The van der Waals surface area contributed by atoms with E-state index >= 15 is 0 Å². The predicted molar refractivity (Wildman–Crippen MR) is 115 cm³/mol. The van der Waals surface area contributed by atoms with Gasteiger partial charge in [0.1, 0.15) is 23.5 Å². The summed E-state index contributed by atoms with van der Waals surface area (Å²) >= 11 is 0. The average Bonchev–Trinajstić information content (AvgIpc) is 3.36. The molecule has 0 bridgehead atoms. The molecule has 1 saturated carbocycles. The minimum Gasteiger partial charge on any atom is -0.444 e. The van der Waals surface area contributed by atoms with Crippen molar-refractivity contribution in [2.75, 3.05) is 6.54 Å². The summed E-state index contributed by atoms with van der Waals surface area (Å²) in [4.78, 5) is 46.9. The normalized spacial score (nSPS) is 21.0. The van der Waals surface area contributed by atoms with E-state index in [4.69, 9.17) is 10.5 Å². The largest absolute Gasteiger partial charge is 0.444 e. The second-order valence-electron chi connectivity index (χ2n) is 9.62. The van der Waals surface area contributed by atoms with Gasteiger partial charge in [0, 0.05) is 30.8 Å². The maximum absolute atomic E-state index is 13.3. The third-order valence-electron chi connectivity index (χ3n) is 5.92. The molecule has 1 aromatic heterocycles.